The van der Waals surface area contributed by atoms with Gasteiger partial charge in [-0.15, -0.1) is 10.2 Å². The zero-order valence-electron chi connectivity index (χ0n) is 17.3. The molecule has 4 rings (SSSR count). The minimum Gasteiger partial charge on any atom is -0.412 e. The van der Waals surface area contributed by atoms with E-state index in [1.165, 1.54) is 5.56 Å². The first kappa shape index (κ1) is 20.8. The van der Waals surface area contributed by atoms with Gasteiger partial charge in [-0.2, -0.15) is 5.26 Å². The standard InChI is InChI=1S/C24H25N5O2/c25-16-19-6-8-21(9-7-19)23-27-28-24(31-23)22(30)26-13-10-18-11-14-29(15-12-18)17-20-4-2-1-3-5-20/h1-9,18H,10-15,17H2,(H,26,30). The molecule has 0 unspecified atom stereocenters. The number of likely N-dealkylation sites (tertiary alicyclic amines) is 1. The van der Waals surface area contributed by atoms with Gasteiger partial charge in [-0.05, 0) is 68.1 Å². The predicted molar refractivity (Wildman–Crippen MR) is 116 cm³/mol. The summed E-state index contributed by atoms with van der Waals surface area (Å²) in [5.74, 6) is 0.482. The summed E-state index contributed by atoms with van der Waals surface area (Å²) in [6, 6.07) is 19.4. The Morgan fingerprint density at radius 1 is 1.10 bits per heavy atom. The number of piperidine rings is 1. The fraction of sp³-hybridized carbons (Fsp3) is 0.333. The van der Waals surface area contributed by atoms with Gasteiger partial charge in [-0.3, -0.25) is 9.69 Å². The maximum absolute atomic E-state index is 12.3. The molecule has 2 aromatic carbocycles. The van der Waals surface area contributed by atoms with Gasteiger partial charge in [0.2, 0.25) is 5.89 Å². The molecule has 1 saturated heterocycles. The topological polar surface area (TPSA) is 95.0 Å². The van der Waals surface area contributed by atoms with Gasteiger partial charge >= 0.3 is 11.8 Å². The van der Waals surface area contributed by atoms with Crippen LogP contribution in [0.5, 0.6) is 0 Å². The van der Waals surface area contributed by atoms with Crippen LogP contribution in [-0.4, -0.2) is 40.6 Å². The normalized spacial score (nSPS) is 14.8. The number of carbonyl (C=O) groups is 1. The highest BCUT2D eigenvalue weighted by atomic mass is 16.4. The minimum atomic E-state index is -0.353. The highest BCUT2D eigenvalue weighted by Gasteiger charge is 2.20. The van der Waals surface area contributed by atoms with Crippen molar-refractivity contribution in [3.05, 3.63) is 71.6 Å². The Labute approximate surface area is 181 Å². The number of benzene rings is 2. The van der Waals surface area contributed by atoms with E-state index in [2.05, 4.69) is 50.7 Å². The van der Waals surface area contributed by atoms with Crippen molar-refractivity contribution in [2.24, 2.45) is 5.92 Å². The number of nitrogens with zero attached hydrogens (tertiary/aromatic N) is 4. The molecule has 0 radical (unpaired) electrons. The summed E-state index contributed by atoms with van der Waals surface area (Å²) in [5.41, 5.74) is 2.58. The minimum absolute atomic E-state index is 0.0444. The van der Waals surface area contributed by atoms with Gasteiger partial charge in [0.1, 0.15) is 0 Å². The highest BCUT2D eigenvalue weighted by Crippen LogP contribution is 2.22. The molecule has 0 bridgehead atoms. The Bertz CT molecular complexity index is 1030. The Morgan fingerprint density at radius 3 is 2.55 bits per heavy atom. The van der Waals surface area contributed by atoms with Crippen molar-refractivity contribution in [3.63, 3.8) is 0 Å². The molecule has 0 spiro atoms. The lowest BCUT2D eigenvalue weighted by Crippen LogP contribution is -2.34. The van der Waals surface area contributed by atoms with E-state index in [4.69, 9.17) is 9.68 Å². The van der Waals surface area contributed by atoms with Crippen LogP contribution in [0, 0.1) is 17.2 Å². The first-order valence-electron chi connectivity index (χ1n) is 10.6. The highest BCUT2D eigenvalue weighted by molar-refractivity contribution is 5.89. The maximum atomic E-state index is 12.3. The van der Waals surface area contributed by atoms with Gasteiger partial charge in [0.05, 0.1) is 11.6 Å². The molecule has 158 valence electrons. The predicted octanol–water partition coefficient (Wildman–Crippen LogP) is 3.64. The van der Waals surface area contributed by atoms with Crippen LogP contribution >= 0.6 is 0 Å². The molecule has 1 amide bonds. The summed E-state index contributed by atoms with van der Waals surface area (Å²) in [6.07, 6.45) is 3.24. The average Bonchev–Trinajstić information content (AvgIpc) is 3.31. The molecular weight excluding hydrogens is 390 g/mol. The van der Waals surface area contributed by atoms with E-state index >= 15 is 0 Å². The van der Waals surface area contributed by atoms with Crippen molar-refractivity contribution in [1.29, 1.82) is 5.26 Å². The number of aromatic nitrogens is 2. The summed E-state index contributed by atoms with van der Waals surface area (Å²) in [6.45, 7) is 3.77. The van der Waals surface area contributed by atoms with Crippen molar-refractivity contribution >= 4 is 5.91 Å². The van der Waals surface area contributed by atoms with Crippen molar-refractivity contribution < 1.29 is 9.21 Å². The van der Waals surface area contributed by atoms with Gasteiger partial charge in [-0.1, -0.05) is 30.3 Å². The first-order chi connectivity index (χ1) is 15.2. The number of hydrogen-bond donors (Lipinski definition) is 1. The molecule has 31 heavy (non-hydrogen) atoms. The summed E-state index contributed by atoms with van der Waals surface area (Å²) in [4.78, 5) is 14.8. The molecule has 1 N–H and O–H groups in total. The fourth-order valence-corrected chi connectivity index (χ4v) is 3.86. The van der Waals surface area contributed by atoms with Gasteiger partial charge in [0, 0.05) is 18.7 Å². The summed E-state index contributed by atoms with van der Waals surface area (Å²) in [5, 5.41) is 19.5. The van der Waals surface area contributed by atoms with Crippen LogP contribution in [0.1, 0.15) is 41.1 Å². The van der Waals surface area contributed by atoms with Crippen molar-refractivity contribution in [2.75, 3.05) is 19.6 Å². The molecule has 7 nitrogen and oxygen atoms in total. The second-order valence-corrected chi connectivity index (χ2v) is 7.85. The molecule has 1 aliphatic heterocycles. The SMILES string of the molecule is N#Cc1ccc(-c2nnc(C(=O)NCCC3CCN(Cc4ccccc4)CC3)o2)cc1. The third-order valence-corrected chi connectivity index (χ3v) is 5.67. The molecule has 1 aliphatic rings. The molecule has 2 heterocycles. The largest absolute Gasteiger partial charge is 0.412 e. The quantitative estimate of drug-likeness (QED) is 0.633. The van der Waals surface area contributed by atoms with Crippen LogP contribution < -0.4 is 5.32 Å². The van der Waals surface area contributed by atoms with E-state index in [1.807, 2.05) is 6.07 Å². The Hall–Kier alpha value is -3.50. The summed E-state index contributed by atoms with van der Waals surface area (Å²) >= 11 is 0. The Balaban J connectivity index is 1.19. The van der Waals surface area contributed by atoms with E-state index in [-0.39, 0.29) is 17.7 Å². The smallest absolute Gasteiger partial charge is 0.308 e. The maximum Gasteiger partial charge on any atom is 0.308 e. The zero-order valence-corrected chi connectivity index (χ0v) is 17.3. The lowest BCUT2D eigenvalue weighted by Gasteiger charge is -2.32. The van der Waals surface area contributed by atoms with Gasteiger partial charge < -0.3 is 9.73 Å². The lowest BCUT2D eigenvalue weighted by molar-refractivity contribution is 0.0913. The number of carbonyl (C=O) groups excluding carboxylic acids is 1. The number of nitriles is 1. The fourth-order valence-electron chi connectivity index (χ4n) is 3.86. The van der Waals surface area contributed by atoms with Gasteiger partial charge in [0.25, 0.3) is 0 Å². The number of rotatable bonds is 7. The molecule has 1 fully saturated rings. The monoisotopic (exact) mass is 415 g/mol. The van der Waals surface area contributed by atoms with E-state index in [9.17, 15) is 4.79 Å². The number of amides is 1. The van der Waals surface area contributed by atoms with Crippen molar-refractivity contribution in [1.82, 2.24) is 20.4 Å². The molecule has 0 saturated carbocycles. The molecular formula is C24H25N5O2. The molecule has 0 aliphatic carbocycles. The van der Waals surface area contributed by atoms with Crippen LogP contribution in [0.15, 0.2) is 59.0 Å². The Morgan fingerprint density at radius 2 is 1.84 bits per heavy atom. The molecule has 7 heteroatoms. The zero-order chi connectivity index (χ0) is 21.5. The van der Waals surface area contributed by atoms with E-state index in [1.54, 1.807) is 24.3 Å². The van der Waals surface area contributed by atoms with Crippen LogP contribution in [-0.2, 0) is 6.54 Å². The molecule has 3 aromatic rings. The van der Waals surface area contributed by atoms with Crippen molar-refractivity contribution in [3.8, 4) is 17.5 Å². The van der Waals surface area contributed by atoms with Crippen LogP contribution in [0.25, 0.3) is 11.5 Å². The van der Waals surface area contributed by atoms with E-state index in [0.29, 0.717) is 23.6 Å². The Kier molecular flexibility index (Phi) is 6.70. The summed E-state index contributed by atoms with van der Waals surface area (Å²) < 4.78 is 5.49. The van der Waals surface area contributed by atoms with Gasteiger partial charge in [-0.25, -0.2) is 0 Å². The summed E-state index contributed by atoms with van der Waals surface area (Å²) in [7, 11) is 0. The second-order valence-electron chi connectivity index (χ2n) is 7.85. The third-order valence-electron chi connectivity index (χ3n) is 5.67. The molecule has 1 aromatic heterocycles. The van der Waals surface area contributed by atoms with E-state index < -0.39 is 0 Å². The first-order valence-corrected chi connectivity index (χ1v) is 10.6. The number of nitrogens with one attached hydrogen (secondary N) is 1. The van der Waals surface area contributed by atoms with E-state index in [0.717, 1.165) is 38.9 Å². The number of hydrogen-bond acceptors (Lipinski definition) is 6. The third kappa shape index (κ3) is 5.56. The van der Waals surface area contributed by atoms with Crippen LogP contribution in [0.2, 0.25) is 0 Å². The molecule has 0 atom stereocenters. The van der Waals surface area contributed by atoms with Crippen LogP contribution in [0.3, 0.4) is 0 Å². The second kappa shape index (κ2) is 10.0. The van der Waals surface area contributed by atoms with Crippen LogP contribution in [0.4, 0.5) is 0 Å². The van der Waals surface area contributed by atoms with Crippen molar-refractivity contribution in [2.45, 2.75) is 25.8 Å². The van der Waals surface area contributed by atoms with Gasteiger partial charge in [0.15, 0.2) is 0 Å². The lowest BCUT2D eigenvalue weighted by atomic mass is 9.93. The average molecular weight is 415 g/mol.